The minimum Gasteiger partial charge on any atom is -0.478 e. The van der Waals surface area contributed by atoms with Crippen molar-refractivity contribution in [1.29, 1.82) is 0 Å². The highest BCUT2D eigenvalue weighted by molar-refractivity contribution is 5.92. The Hall–Kier alpha value is -2.31. The first-order valence-electron chi connectivity index (χ1n) is 5.26. The molecule has 1 heterocycles. The third-order valence-corrected chi connectivity index (χ3v) is 2.51. The van der Waals surface area contributed by atoms with Crippen molar-refractivity contribution in [3.05, 3.63) is 47.3 Å². The van der Waals surface area contributed by atoms with Crippen molar-refractivity contribution in [3.63, 3.8) is 0 Å². The number of carboxylic acid groups (broad SMARTS) is 1. The molecule has 2 rings (SSSR count). The van der Waals surface area contributed by atoms with Gasteiger partial charge in [-0.2, -0.15) is 18.3 Å². The van der Waals surface area contributed by atoms with E-state index in [2.05, 4.69) is 5.10 Å². The van der Waals surface area contributed by atoms with E-state index >= 15 is 0 Å². The van der Waals surface area contributed by atoms with Crippen molar-refractivity contribution in [1.82, 2.24) is 9.78 Å². The maximum Gasteiger partial charge on any atom is 0.435 e. The molecule has 0 aliphatic rings. The van der Waals surface area contributed by atoms with E-state index in [4.69, 9.17) is 5.11 Å². The van der Waals surface area contributed by atoms with Crippen LogP contribution in [0.3, 0.4) is 0 Å². The van der Waals surface area contributed by atoms with Crippen LogP contribution in [0.1, 0.15) is 21.6 Å². The monoisotopic (exact) mass is 270 g/mol. The summed E-state index contributed by atoms with van der Waals surface area (Å²) in [6.07, 6.45) is -3.47. The molecule has 0 saturated heterocycles. The summed E-state index contributed by atoms with van der Waals surface area (Å²) in [6.45, 7) is 1.69. The van der Waals surface area contributed by atoms with Crippen LogP contribution in [0.4, 0.5) is 13.2 Å². The highest BCUT2D eigenvalue weighted by atomic mass is 19.4. The average molecular weight is 270 g/mol. The molecule has 0 radical (unpaired) electrons. The number of aryl methyl sites for hydroxylation is 1. The summed E-state index contributed by atoms with van der Waals surface area (Å²) in [4.78, 5) is 11.1. The molecule has 0 aliphatic heterocycles. The van der Waals surface area contributed by atoms with Crippen LogP contribution >= 0.6 is 0 Å². The molecule has 1 N–H and O–H groups in total. The first kappa shape index (κ1) is 13.1. The van der Waals surface area contributed by atoms with Crippen LogP contribution in [-0.2, 0) is 6.18 Å². The number of carboxylic acids is 1. The molecule has 0 aliphatic carbocycles. The van der Waals surface area contributed by atoms with E-state index in [1.165, 1.54) is 12.1 Å². The van der Waals surface area contributed by atoms with E-state index in [-0.39, 0.29) is 11.3 Å². The number of aromatic nitrogens is 2. The van der Waals surface area contributed by atoms with Crippen LogP contribution in [-0.4, -0.2) is 20.9 Å². The molecule has 0 atom stereocenters. The third-order valence-electron chi connectivity index (χ3n) is 2.51. The minimum atomic E-state index is -4.56. The van der Waals surface area contributed by atoms with Gasteiger partial charge in [0.25, 0.3) is 0 Å². The number of hydrogen-bond acceptors (Lipinski definition) is 2. The molecule has 0 amide bonds. The van der Waals surface area contributed by atoms with E-state index in [9.17, 15) is 18.0 Å². The minimum absolute atomic E-state index is 0.0913. The fraction of sp³-hybridized carbons (Fsp3) is 0.167. The average Bonchev–Trinajstić information content (AvgIpc) is 2.77. The molecule has 7 heteroatoms. The largest absolute Gasteiger partial charge is 0.478 e. The van der Waals surface area contributed by atoms with Crippen molar-refractivity contribution in [3.8, 4) is 5.69 Å². The second-order valence-corrected chi connectivity index (χ2v) is 3.97. The molecule has 0 unspecified atom stereocenters. The topological polar surface area (TPSA) is 55.1 Å². The van der Waals surface area contributed by atoms with Gasteiger partial charge in [0.2, 0.25) is 0 Å². The molecule has 100 valence electrons. The van der Waals surface area contributed by atoms with Crippen molar-refractivity contribution in [2.75, 3.05) is 0 Å². The second-order valence-electron chi connectivity index (χ2n) is 3.97. The first-order chi connectivity index (χ1) is 8.79. The fourth-order valence-corrected chi connectivity index (χ4v) is 1.63. The van der Waals surface area contributed by atoms with Gasteiger partial charge in [0.15, 0.2) is 5.69 Å². The molecular weight excluding hydrogens is 261 g/mol. The molecular formula is C12H9F3N2O2. The Morgan fingerprint density at radius 2 is 2.00 bits per heavy atom. The zero-order chi connectivity index (χ0) is 14.2. The van der Waals surface area contributed by atoms with E-state index in [0.29, 0.717) is 5.56 Å². The summed E-state index contributed by atoms with van der Waals surface area (Å²) >= 11 is 0. The lowest BCUT2D eigenvalue weighted by molar-refractivity contribution is -0.141. The molecule has 1 aromatic carbocycles. The summed E-state index contributed by atoms with van der Waals surface area (Å²) in [5, 5.41) is 12.4. The van der Waals surface area contributed by atoms with Gasteiger partial charge in [-0.1, -0.05) is 11.6 Å². The van der Waals surface area contributed by atoms with E-state index in [1.54, 1.807) is 13.0 Å². The van der Waals surface area contributed by atoms with Crippen LogP contribution in [0.25, 0.3) is 5.69 Å². The summed E-state index contributed by atoms with van der Waals surface area (Å²) in [5.41, 5.74) is -0.376. The lowest BCUT2D eigenvalue weighted by Crippen LogP contribution is -2.10. The summed E-state index contributed by atoms with van der Waals surface area (Å²) in [6, 6.07) is 5.21. The SMILES string of the molecule is Cc1ccc(-n2ccc(C(F)(F)F)n2)c(C(=O)O)c1. The van der Waals surface area contributed by atoms with Crippen molar-refractivity contribution in [2.24, 2.45) is 0 Å². The number of nitrogens with zero attached hydrogens (tertiary/aromatic N) is 2. The number of aromatic carboxylic acids is 1. The molecule has 1 aromatic heterocycles. The van der Waals surface area contributed by atoms with Crippen molar-refractivity contribution in [2.45, 2.75) is 13.1 Å². The molecule has 0 saturated carbocycles. The van der Waals surface area contributed by atoms with Gasteiger partial charge in [-0.25, -0.2) is 9.48 Å². The molecule has 0 spiro atoms. The predicted octanol–water partition coefficient (Wildman–Crippen LogP) is 2.90. The Kier molecular flexibility index (Phi) is 3.05. The molecule has 0 fully saturated rings. The Balaban J connectivity index is 2.53. The second kappa shape index (κ2) is 4.42. The number of alkyl halides is 3. The van der Waals surface area contributed by atoms with Crippen LogP contribution in [0.2, 0.25) is 0 Å². The zero-order valence-electron chi connectivity index (χ0n) is 9.77. The summed E-state index contributed by atoms with van der Waals surface area (Å²) in [5.74, 6) is -1.22. The van der Waals surface area contributed by atoms with Gasteiger partial charge in [0.05, 0.1) is 11.3 Å². The van der Waals surface area contributed by atoms with Gasteiger partial charge >= 0.3 is 12.1 Å². The molecule has 4 nitrogen and oxygen atoms in total. The van der Waals surface area contributed by atoms with E-state index in [1.807, 2.05) is 0 Å². The zero-order valence-corrected chi connectivity index (χ0v) is 9.77. The van der Waals surface area contributed by atoms with Gasteiger partial charge in [-0.3, -0.25) is 0 Å². The van der Waals surface area contributed by atoms with Gasteiger partial charge in [0.1, 0.15) is 0 Å². The van der Waals surface area contributed by atoms with Crippen LogP contribution < -0.4 is 0 Å². The quantitative estimate of drug-likeness (QED) is 0.912. The third kappa shape index (κ3) is 2.59. The lowest BCUT2D eigenvalue weighted by Gasteiger charge is -2.07. The number of benzene rings is 1. The standard InChI is InChI=1S/C12H9F3N2O2/c1-7-2-3-9(8(6-7)11(18)19)17-5-4-10(16-17)12(13,14)15/h2-6H,1H3,(H,18,19). The van der Waals surface area contributed by atoms with Gasteiger partial charge in [-0.15, -0.1) is 0 Å². The van der Waals surface area contributed by atoms with Crippen LogP contribution in [0, 0.1) is 6.92 Å². The number of carbonyl (C=O) groups is 1. The lowest BCUT2D eigenvalue weighted by atomic mass is 10.1. The summed E-state index contributed by atoms with van der Waals surface area (Å²) < 4.78 is 38.3. The van der Waals surface area contributed by atoms with E-state index < -0.39 is 17.8 Å². The Bertz CT molecular complexity index is 632. The smallest absolute Gasteiger partial charge is 0.435 e. The Morgan fingerprint density at radius 1 is 1.32 bits per heavy atom. The fourth-order valence-electron chi connectivity index (χ4n) is 1.63. The van der Waals surface area contributed by atoms with Gasteiger partial charge < -0.3 is 5.11 Å². The summed E-state index contributed by atoms with van der Waals surface area (Å²) in [7, 11) is 0. The normalized spacial score (nSPS) is 11.6. The predicted molar refractivity (Wildman–Crippen MR) is 60.3 cm³/mol. The van der Waals surface area contributed by atoms with Gasteiger partial charge in [-0.05, 0) is 25.1 Å². The van der Waals surface area contributed by atoms with Gasteiger partial charge in [0, 0.05) is 6.20 Å². The maximum absolute atomic E-state index is 12.4. The van der Waals surface area contributed by atoms with Crippen LogP contribution in [0.5, 0.6) is 0 Å². The Labute approximate surface area is 106 Å². The molecule has 19 heavy (non-hydrogen) atoms. The number of halogens is 3. The van der Waals surface area contributed by atoms with Crippen molar-refractivity contribution >= 4 is 5.97 Å². The molecule has 2 aromatic rings. The van der Waals surface area contributed by atoms with Crippen molar-refractivity contribution < 1.29 is 23.1 Å². The maximum atomic E-state index is 12.4. The number of rotatable bonds is 2. The highest BCUT2D eigenvalue weighted by Gasteiger charge is 2.33. The number of hydrogen-bond donors (Lipinski definition) is 1. The van der Waals surface area contributed by atoms with E-state index in [0.717, 1.165) is 16.9 Å². The Morgan fingerprint density at radius 3 is 2.53 bits per heavy atom. The molecule has 0 bridgehead atoms. The van der Waals surface area contributed by atoms with Crippen LogP contribution in [0.15, 0.2) is 30.5 Å². The highest BCUT2D eigenvalue weighted by Crippen LogP contribution is 2.28. The first-order valence-corrected chi connectivity index (χ1v) is 5.26.